The second kappa shape index (κ2) is 9.45. The number of nitrogens with zero attached hydrogens (tertiary/aromatic N) is 1. The van der Waals surface area contributed by atoms with E-state index < -0.39 is 29.7 Å². The maximum absolute atomic E-state index is 13.6. The monoisotopic (exact) mass is 427 g/mol. The van der Waals surface area contributed by atoms with E-state index in [4.69, 9.17) is 14.2 Å². The lowest BCUT2D eigenvalue weighted by Crippen LogP contribution is -2.48. The first-order chi connectivity index (χ1) is 14.8. The van der Waals surface area contributed by atoms with E-state index in [1.165, 1.54) is 7.11 Å². The number of hydrogen-bond donors (Lipinski definition) is 0. The third kappa shape index (κ3) is 4.27. The Morgan fingerprint density at radius 3 is 2.39 bits per heavy atom. The molecule has 0 unspecified atom stereocenters. The molecule has 1 saturated carbocycles. The smallest absolute Gasteiger partial charge is 0.336 e. The van der Waals surface area contributed by atoms with Gasteiger partial charge in [0.15, 0.2) is 5.78 Å². The molecule has 4 atom stereocenters. The molecule has 3 rings (SSSR count). The van der Waals surface area contributed by atoms with E-state index in [-0.39, 0.29) is 18.3 Å². The molecule has 0 bridgehead atoms. The third-order valence-electron chi connectivity index (χ3n) is 6.00. The Bertz CT molecular complexity index is 930. The van der Waals surface area contributed by atoms with Crippen molar-refractivity contribution in [3.8, 4) is 5.75 Å². The van der Waals surface area contributed by atoms with Crippen molar-refractivity contribution in [2.45, 2.75) is 39.5 Å². The van der Waals surface area contributed by atoms with Crippen molar-refractivity contribution in [2.75, 3.05) is 20.8 Å². The van der Waals surface area contributed by atoms with Crippen LogP contribution in [-0.4, -0.2) is 44.3 Å². The molecule has 1 fully saturated rings. The first-order valence-electron chi connectivity index (χ1n) is 10.5. The van der Waals surface area contributed by atoms with Crippen LogP contribution in [0.5, 0.6) is 5.75 Å². The number of carbonyl (C=O) groups excluding carboxylic acids is 3. The van der Waals surface area contributed by atoms with Crippen LogP contribution in [0.3, 0.4) is 0 Å². The number of methoxy groups -OCH3 is 2. The van der Waals surface area contributed by atoms with Crippen molar-refractivity contribution in [3.63, 3.8) is 0 Å². The number of rotatable bonds is 6. The normalized spacial score (nSPS) is 25.5. The van der Waals surface area contributed by atoms with Gasteiger partial charge in [-0.1, -0.05) is 26.0 Å². The van der Waals surface area contributed by atoms with Crippen LogP contribution in [0.1, 0.15) is 45.1 Å². The molecular weight excluding hydrogens is 398 g/mol. The first kappa shape index (κ1) is 22.7. The van der Waals surface area contributed by atoms with Crippen molar-refractivity contribution in [1.82, 2.24) is 0 Å². The van der Waals surface area contributed by atoms with E-state index >= 15 is 0 Å². The van der Waals surface area contributed by atoms with Crippen LogP contribution in [0.25, 0.3) is 0 Å². The molecule has 0 radical (unpaired) electrons. The van der Waals surface area contributed by atoms with E-state index in [0.717, 1.165) is 5.56 Å². The molecule has 0 saturated heterocycles. The number of ketones is 1. The Morgan fingerprint density at radius 1 is 1.13 bits per heavy atom. The first-order valence-corrected chi connectivity index (χ1v) is 10.5. The van der Waals surface area contributed by atoms with Gasteiger partial charge in [-0.3, -0.25) is 14.6 Å². The van der Waals surface area contributed by atoms with Crippen LogP contribution in [0.15, 0.2) is 40.5 Å². The van der Waals surface area contributed by atoms with Gasteiger partial charge in [0, 0.05) is 17.3 Å². The second-order valence-electron chi connectivity index (χ2n) is 8.05. The van der Waals surface area contributed by atoms with Crippen molar-refractivity contribution in [2.24, 2.45) is 22.7 Å². The highest BCUT2D eigenvalue weighted by Crippen LogP contribution is 2.46. The molecule has 31 heavy (non-hydrogen) atoms. The predicted octanol–water partition coefficient (Wildman–Crippen LogP) is 3.47. The summed E-state index contributed by atoms with van der Waals surface area (Å²) in [6.45, 7) is 5.82. The van der Waals surface area contributed by atoms with E-state index in [0.29, 0.717) is 35.6 Å². The molecule has 166 valence electrons. The number of carbonyl (C=O) groups is 3. The summed E-state index contributed by atoms with van der Waals surface area (Å²) in [7, 11) is 2.86. The van der Waals surface area contributed by atoms with E-state index in [2.05, 4.69) is 4.99 Å². The van der Waals surface area contributed by atoms with Crippen LogP contribution < -0.4 is 4.74 Å². The summed E-state index contributed by atoms with van der Waals surface area (Å²) in [4.78, 5) is 43.6. The topological polar surface area (TPSA) is 91.3 Å². The van der Waals surface area contributed by atoms with Crippen molar-refractivity contribution in [3.05, 3.63) is 41.1 Å². The van der Waals surface area contributed by atoms with Gasteiger partial charge in [-0.2, -0.15) is 0 Å². The van der Waals surface area contributed by atoms with Gasteiger partial charge < -0.3 is 14.2 Å². The van der Waals surface area contributed by atoms with Crippen molar-refractivity contribution >= 4 is 23.4 Å². The zero-order chi connectivity index (χ0) is 22.7. The minimum atomic E-state index is -0.888. The largest absolute Gasteiger partial charge is 0.497 e. The van der Waals surface area contributed by atoms with Gasteiger partial charge >= 0.3 is 11.9 Å². The summed E-state index contributed by atoms with van der Waals surface area (Å²) in [6.07, 6.45) is 1.17. The average Bonchev–Trinajstić information content (AvgIpc) is 2.76. The van der Waals surface area contributed by atoms with Gasteiger partial charge in [0.1, 0.15) is 11.7 Å². The molecule has 0 aromatic heterocycles. The van der Waals surface area contributed by atoms with E-state index in [1.807, 2.05) is 26.0 Å². The zero-order valence-corrected chi connectivity index (χ0v) is 18.6. The van der Waals surface area contributed by atoms with Gasteiger partial charge in [0.05, 0.1) is 32.3 Å². The van der Waals surface area contributed by atoms with Crippen LogP contribution >= 0.6 is 0 Å². The van der Waals surface area contributed by atoms with Crippen molar-refractivity contribution < 1.29 is 28.6 Å². The molecule has 2 aliphatic rings. The van der Waals surface area contributed by atoms with E-state index in [1.54, 1.807) is 26.2 Å². The highest BCUT2D eigenvalue weighted by molar-refractivity contribution is 6.17. The number of ether oxygens (including phenoxy) is 3. The number of Topliss-reactive ketones (excluding diaryl/α,β-unsaturated/α-hetero) is 1. The molecular formula is C24H29NO6. The Kier molecular flexibility index (Phi) is 6.93. The zero-order valence-electron chi connectivity index (χ0n) is 18.6. The number of hydrogen-bond acceptors (Lipinski definition) is 7. The molecule has 1 aliphatic heterocycles. The summed E-state index contributed by atoms with van der Waals surface area (Å²) >= 11 is 0. The van der Waals surface area contributed by atoms with Crippen LogP contribution in [-0.2, 0) is 23.9 Å². The Labute approximate surface area is 182 Å². The summed E-state index contributed by atoms with van der Waals surface area (Å²) < 4.78 is 15.6. The predicted molar refractivity (Wildman–Crippen MR) is 115 cm³/mol. The summed E-state index contributed by atoms with van der Waals surface area (Å²) in [5.74, 6) is -3.06. The van der Waals surface area contributed by atoms with Crippen LogP contribution in [0, 0.1) is 17.8 Å². The molecule has 7 nitrogen and oxygen atoms in total. The molecule has 7 heteroatoms. The maximum Gasteiger partial charge on any atom is 0.336 e. The minimum absolute atomic E-state index is 0.229. The Hall–Kier alpha value is -2.96. The Morgan fingerprint density at radius 2 is 1.81 bits per heavy atom. The number of benzene rings is 1. The molecule has 0 amide bonds. The third-order valence-corrected chi connectivity index (χ3v) is 6.00. The summed E-state index contributed by atoms with van der Waals surface area (Å²) in [5, 5.41) is 0. The quantitative estimate of drug-likeness (QED) is 0.510. The standard InChI is InChI=1S/C24H29NO6/c1-6-11-31-24(28)19-14(3)25-17-12-13(2)18(23(27)30-5)22(26)21(17)20(19)15-7-9-16(29-4)10-8-15/h7-10,13,18,20-21H,6,11-12H2,1-5H3/t13-,18+,20+,21+/m1/s1. The Balaban J connectivity index is 2.13. The molecule has 0 spiro atoms. The number of allylic oxidation sites excluding steroid dienone is 1. The van der Waals surface area contributed by atoms with Crippen LogP contribution in [0.2, 0.25) is 0 Å². The van der Waals surface area contributed by atoms with Gasteiger partial charge in [0.2, 0.25) is 0 Å². The fourth-order valence-electron chi connectivity index (χ4n) is 4.54. The molecule has 1 heterocycles. The SMILES string of the molecule is CCCOC(=O)C1=C(C)N=C2C[C@@H](C)[C@H](C(=O)OC)C(=O)[C@@H]2[C@H]1c1ccc(OC)cc1. The van der Waals surface area contributed by atoms with E-state index in [9.17, 15) is 14.4 Å². The number of esters is 2. The maximum atomic E-state index is 13.6. The van der Waals surface area contributed by atoms with Gasteiger partial charge in [-0.05, 0) is 43.4 Å². The van der Waals surface area contributed by atoms with Gasteiger partial charge in [0.25, 0.3) is 0 Å². The number of fused-ring (bicyclic) bond motifs is 1. The minimum Gasteiger partial charge on any atom is -0.497 e. The highest BCUT2D eigenvalue weighted by atomic mass is 16.5. The van der Waals surface area contributed by atoms with Crippen molar-refractivity contribution in [1.29, 1.82) is 0 Å². The average molecular weight is 427 g/mol. The highest BCUT2D eigenvalue weighted by Gasteiger charge is 2.51. The summed E-state index contributed by atoms with van der Waals surface area (Å²) in [6, 6.07) is 7.26. The second-order valence-corrected chi connectivity index (χ2v) is 8.05. The molecule has 1 aromatic rings. The molecule has 0 N–H and O–H groups in total. The van der Waals surface area contributed by atoms with Gasteiger partial charge in [-0.25, -0.2) is 4.79 Å². The fourth-order valence-corrected chi connectivity index (χ4v) is 4.54. The molecule has 1 aromatic carbocycles. The fraction of sp³-hybridized carbons (Fsp3) is 0.500. The summed E-state index contributed by atoms with van der Waals surface area (Å²) in [5.41, 5.74) is 2.37. The lowest BCUT2D eigenvalue weighted by atomic mass is 9.64. The lowest BCUT2D eigenvalue weighted by molar-refractivity contribution is -0.152. The number of aliphatic imine (C=N–C) groups is 1. The molecule has 1 aliphatic carbocycles. The van der Waals surface area contributed by atoms with Gasteiger partial charge in [-0.15, -0.1) is 0 Å². The van der Waals surface area contributed by atoms with Crippen LogP contribution in [0.4, 0.5) is 0 Å². The lowest BCUT2D eigenvalue weighted by Gasteiger charge is -2.40.